The summed E-state index contributed by atoms with van der Waals surface area (Å²) in [6, 6.07) is 17.1. The van der Waals surface area contributed by atoms with Crippen LogP contribution in [0.4, 0.5) is 10.5 Å². The van der Waals surface area contributed by atoms with Crippen molar-refractivity contribution >= 4 is 35.5 Å². The summed E-state index contributed by atoms with van der Waals surface area (Å²) in [5, 5.41) is 5.20. The number of carbonyl (C=O) groups excluding carboxylic acids is 4. The standard InChI is InChI=1S/C26H25N5O4/c1-16-9-11-21(12-10-16)27-23(32)15-30-25(34)22(28-26(30)35)14-20-13-17(2)31(18(20)3)29-24(33)19-7-5-4-6-8-19/h4-14H,15H2,1-3H3,(H,27,32)(H,28,35)(H,29,33)/b22-14-. The van der Waals surface area contributed by atoms with Gasteiger partial charge >= 0.3 is 6.03 Å². The number of imide groups is 1. The van der Waals surface area contributed by atoms with E-state index in [1.165, 1.54) is 6.08 Å². The highest BCUT2D eigenvalue weighted by atomic mass is 16.2. The molecule has 4 rings (SSSR count). The first-order valence-corrected chi connectivity index (χ1v) is 11.0. The van der Waals surface area contributed by atoms with Gasteiger partial charge in [0, 0.05) is 22.6 Å². The van der Waals surface area contributed by atoms with E-state index in [2.05, 4.69) is 16.1 Å². The van der Waals surface area contributed by atoms with Crippen LogP contribution in [-0.2, 0) is 9.59 Å². The molecule has 1 fully saturated rings. The number of amides is 5. The van der Waals surface area contributed by atoms with Crippen molar-refractivity contribution in [3.8, 4) is 0 Å². The lowest BCUT2D eigenvalue weighted by atomic mass is 10.2. The van der Waals surface area contributed by atoms with Crippen molar-refractivity contribution in [3.63, 3.8) is 0 Å². The molecule has 35 heavy (non-hydrogen) atoms. The fraction of sp³-hybridized carbons (Fsp3) is 0.154. The summed E-state index contributed by atoms with van der Waals surface area (Å²) < 4.78 is 1.62. The van der Waals surface area contributed by atoms with E-state index in [-0.39, 0.29) is 11.6 Å². The van der Waals surface area contributed by atoms with Crippen molar-refractivity contribution in [1.82, 2.24) is 14.9 Å². The second kappa shape index (κ2) is 9.68. The third-order valence-corrected chi connectivity index (χ3v) is 5.62. The third kappa shape index (κ3) is 5.14. The molecular formula is C26H25N5O4. The van der Waals surface area contributed by atoms with Gasteiger partial charge in [0.25, 0.3) is 11.8 Å². The van der Waals surface area contributed by atoms with Crippen LogP contribution in [0.1, 0.15) is 32.9 Å². The molecule has 0 aliphatic carbocycles. The van der Waals surface area contributed by atoms with Crippen molar-refractivity contribution in [2.75, 3.05) is 17.3 Å². The zero-order valence-electron chi connectivity index (χ0n) is 19.6. The Morgan fingerprint density at radius 3 is 2.34 bits per heavy atom. The number of urea groups is 1. The highest BCUT2D eigenvalue weighted by molar-refractivity contribution is 6.16. The number of carbonyl (C=O) groups is 4. The molecule has 0 radical (unpaired) electrons. The van der Waals surface area contributed by atoms with E-state index < -0.39 is 24.4 Å². The van der Waals surface area contributed by atoms with E-state index in [1.807, 2.05) is 32.0 Å². The molecule has 1 aliphatic rings. The van der Waals surface area contributed by atoms with Crippen LogP contribution >= 0.6 is 0 Å². The molecule has 0 atom stereocenters. The number of aryl methyl sites for hydroxylation is 2. The van der Waals surface area contributed by atoms with Crippen molar-refractivity contribution in [3.05, 3.63) is 94.4 Å². The van der Waals surface area contributed by atoms with Crippen LogP contribution in [-0.4, -0.2) is 39.9 Å². The minimum absolute atomic E-state index is 0.0489. The SMILES string of the molecule is Cc1ccc(NC(=O)CN2C(=O)N/C(=C\c3cc(C)n(NC(=O)c4ccccc4)c3C)C2=O)cc1. The van der Waals surface area contributed by atoms with Gasteiger partial charge in [-0.1, -0.05) is 35.9 Å². The minimum atomic E-state index is -0.675. The fourth-order valence-corrected chi connectivity index (χ4v) is 3.71. The van der Waals surface area contributed by atoms with Gasteiger partial charge in [-0.3, -0.25) is 24.5 Å². The highest BCUT2D eigenvalue weighted by Gasteiger charge is 2.35. The maximum Gasteiger partial charge on any atom is 0.329 e. The van der Waals surface area contributed by atoms with Crippen LogP contribution in [0, 0.1) is 20.8 Å². The summed E-state index contributed by atoms with van der Waals surface area (Å²) in [7, 11) is 0. The molecule has 3 aromatic rings. The number of aromatic nitrogens is 1. The average Bonchev–Trinajstić information content (AvgIpc) is 3.25. The quantitative estimate of drug-likeness (QED) is 0.378. The Bertz CT molecular complexity index is 1340. The summed E-state index contributed by atoms with van der Waals surface area (Å²) in [4.78, 5) is 51.0. The Balaban J connectivity index is 1.47. The molecule has 9 nitrogen and oxygen atoms in total. The molecule has 2 heterocycles. The molecule has 5 amide bonds. The van der Waals surface area contributed by atoms with E-state index in [1.54, 1.807) is 54.1 Å². The van der Waals surface area contributed by atoms with Gasteiger partial charge in [-0.25, -0.2) is 9.69 Å². The molecule has 9 heteroatoms. The lowest BCUT2D eigenvalue weighted by Gasteiger charge is -2.12. The van der Waals surface area contributed by atoms with E-state index in [0.717, 1.165) is 16.2 Å². The first-order chi connectivity index (χ1) is 16.7. The molecule has 3 N–H and O–H groups in total. The monoisotopic (exact) mass is 471 g/mol. The highest BCUT2D eigenvalue weighted by Crippen LogP contribution is 2.20. The van der Waals surface area contributed by atoms with Crippen LogP contribution in [0.3, 0.4) is 0 Å². The molecule has 1 saturated heterocycles. The van der Waals surface area contributed by atoms with E-state index in [9.17, 15) is 19.2 Å². The van der Waals surface area contributed by atoms with Gasteiger partial charge in [-0.05, 0) is 62.7 Å². The lowest BCUT2D eigenvalue weighted by Crippen LogP contribution is -2.38. The van der Waals surface area contributed by atoms with Gasteiger partial charge in [-0.2, -0.15) is 0 Å². The third-order valence-electron chi connectivity index (χ3n) is 5.62. The van der Waals surface area contributed by atoms with Crippen LogP contribution in [0.25, 0.3) is 6.08 Å². The van der Waals surface area contributed by atoms with Gasteiger partial charge in [-0.15, -0.1) is 0 Å². The van der Waals surface area contributed by atoms with Gasteiger partial charge in [0.15, 0.2) is 0 Å². The van der Waals surface area contributed by atoms with Crippen LogP contribution in [0.5, 0.6) is 0 Å². The van der Waals surface area contributed by atoms with Crippen molar-refractivity contribution in [1.29, 1.82) is 0 Å². The first-order valence-electron chi connectivity index (χ1n) is 11.0. The van der Waals surface area contributed by atoms with Crippen LogP contribution in [0.15, 0.2) is 66.4 Å². The number of hydrogen-bond acceptors (Lipinski definition) is 4. The van der Waals surface area contributed by atoms with E-state index in [4.69, 9.17) is 0 Å². The predicted molar refractivity (Wildman–Crippen MR) is 132 cm³/mol. The topological polar surface area (TPSA) is 113 Å². The molecular weight excluding hydrogens is 446 g/mol. The van der Waals surface area contributed by atoms with E-state index in [0.29, 0.717) is 22.5 Å². The molecule has 1 aromatic heterocycles. The van der Waals surface area contributed by atoms with Crippen molar-refractivity contribution < 1.29 is 19.2 Å². The predicted octanol–water partition coefficient (Wildman–Crippen LogP) is 3.33. The summed E-state index contributed by atoms with van der Waals surface area (Å²) in [5.74, 6) is -1.37. The molecule has 0 unspecified atom stereocenters. The van der Waals surface area contributed by atoms with Crippen LogP contribution in [0.2, 0.25) is 0 Å². The number of benzene rings is 2. The maximum absolute atomic E-state index is 12.8. The average molecular weight is 472 g/mol. The van der Waals surface area contributed by atoms with E-state index >= 15 is 0 Å². The van der Waals surface area contributed by atoms with Gasteiger partial charge < -0.3 is 10.6 Å². The molecule has 178 valence electrons. The minimum Gasteiger partial charge on any atom is -0.325 e. The number of nitrogens with zero attached hydrogens (tertiary/aromatic N) is 2. The van der Waals surface area contributed by atoms with Gasteiger partial charge in [0.05, 0.1) is 0 Å². The molecule has 0 bridgehead atoms. The number of rotatable bonds is 6. The Morgan fingerprint density at radius 1 is 0.971 bits per heavy atom. The Kier molecular flexibility index (Phi) is 6.50. The normalized spacial score (nSPS) is 14.3. The summed E-state index contributed by atoms with van der Waals surface area (Å²) in [6.45, 7) is 5.12. The number of hydrogen-bond donors (Lipinski definition) is 3. The number of anilines is 1. The lowest BCUT2D eigenvalue weighted by molar-refractivity contribution is -0.127. The zero-order chi connectivity index (χ0) is 25.1. The van der Waals surface area contributed by atoms with Crippen LogP contribution < -0.4 is 16.1 Å². The smallest absolute Gasteiger partial charge is 0.325 e. The Labute approximate surface area is 202 Å². The summed E-state index contributed by atoms with van der Waals surface area (Å²) >= 11 is 0. The maximum atomic E-state index is 12.8. The Hall–Kier alpha value is -4.66. The second-order valence-corrected chi connectivity index (χ2v) is 8.26. The molecule has 0 saturated carbocycles. The Morgan fingerprint density at radius 2 is 1.66 bits per heavy atom. The van der Waals surface area contributed by atoms with Gasteiger partial charge in [0.2, 0.25) is 5.91 Å². The second-order valence-electron chi connectivity index (χ2n) is 8.26. The summed E-state index contributed by atoms with van der Waals surface area (Å²) in [6.07, 6.45) is 1.53. The van der Waals surface area contributed by atoms with Crippen molar-refractivity contribution in [2.45, 2.75) is 20.8 Å². The van der Waals surface area contributed by atoms with Crippen molar-refractivity contribution in [2.24, 2.45) is 0 Å². The molecule has 0 spiro atoms. The molecule has 2 aromatic carbocycles. The fourth-order valence-electron chi connectivity index (χ4n) is 3.71. The number of nitrogens with one attached hydrogen (secondary N) is 3. The van der Waals surface area contributed by atoms with Gasteiger partial charge in [0.1, 0.15) is 12.2 Å². The first kappa shape index (κ1) is 23.5. The zero-order valence-corrected chi connectivity index (χ0v) is 19.6. The largest absolute Gasteiger partial charge is 0.329 e. The molecule has 1 aliphatic heterocycles. The summed E-state index contributed by atoms with van der Waals surface area (Å²) in [5.41, 5.74) is 7.08.